The highest BCUT2D eigenvalue weighted by Crippen LogP contribution is 2.10. The van der Waals surface area contributed by atoms with Gasteiger partial charge in [0.15, 0.2) is 0 Å². The van der Waals surface area contributed by atoms with Gasteiger partial charge in [-0.15, -0.1) is 0 Å². The van der Waals surface area contributed by atoms with Gasteiger partial charge in [-0.3, -0.25) is 4.79 Å². The first-order chi connectivity index (χ1) is 11.8. The monoisotopic (exact) mass is 407 g/mol. The summed E-state index contributed by atoms with van der Waals surface area (Å²) >= 11 is 3.37. The van der Waals surface area contributed by atoms with E-state index in [0.29, 0.717) is 13.0 Å². The Morgan fingerprint density at radius 2 is 1.96 bits per heavy atom. The number of carboxylic acids is 1. The van der Waals surface area contributed by atoms with Crippen molar-refractivity contribution in [3.8, 4) is 6.07 Å². The Morgan fingerprint density at radius 1 is 1.32 bits per heavy atom. The molecule has 0 fully saturated rings. The van der Waals surface area contributed by atoms with Crippen molar-refractivity contribution in [3.63, 3.8) is 0 Å². The van der Waals surface area contributed by atoms with Gasteiger partial charge >= 0.3 is 5.97 Å². The van der Waals surface area contributed by atoms with Crippen molar-refractivity contribution < 1.29 is 14.7 Å². The summed E-state index contributed by atoms with van der Waals surface area (Å²) in [6.45, 7) is 4.29. The van der Waals surface area contributed by atoms with Crippen molar-refractivity contribution in [3.05, 3.63) is 46.1 Å². The van der Waals surface area contributed by atoms with Gasteiger partial charge in [-0.25, -0.2) is 4.79 Å². The topological polar surface area (TPSA) is 102 Å². The van der Waals surface area contributed by atoms with Crippen LogP contribution in [0, 0.1) is 17.2 Å². The van der Waals surface area contributed by atoms with Crippen LogP contribution < -0.4 is 10.6 Å². The molecular weight excluding hydrogens is 386 g/mol. The van der Waals surface area contributed by atoms with Crippen LogP contribution in [-0.2, 0) is 16.0 Å². The first kappa shape index (κ1) is 20.7. The number of carboxylic acid groups (broad SMARTS) is 1. The zero-order valence-corrected chi connectivity index (χ0v) is 15.8. The Hall–Kier alpha value is -2.33. The predicted molar refractivity (Wildman–Crippen MR) is 98.6 cm³/mol. The molecule has 1 amide bonds. The van der Waals surface area contributed by atoms with E-state index in [1.54, 1.807) is 6.07 Å². The summed E-state index contributed by atoms with van der Waals surface area (Å²) in [5, 5.41) is 23.6. The third-order valence-electron chi connectivity index (χ3n) is 3.39. The van der Waals surface area contributed by atoms with Crippen molar-refractivity contribution in [2.75, 3.05) is 6.54 Å². The highest BCUT2D eigenvalue weighted by Gasteiger charge is 2.22. The molecule has 6 nitrogen and oxygen atoms in total. The Bertz CT molecular complexity index is 663. The number of aliphatic carboxylic acids is 1. The molecule has 0 saturated heterocycles. The Kier molecular flexibility index (Phi) is 8.71. The van der Waals surface area contributed by atoms with Crippen LogP contribution in [0.1, 0.15) is 25.8 Å². The second kappa shape index (κ2) is 10.5. The van der Waals surface area contributed by atoms with Gasteiger partial charge in [0.2, 0.25) is 0 Å². The molecule has 0 aliphatic rings. The SMILES string of the molecule is CC(C)CC(NC(=O)/C(C#N)=C\NCCc1ccc(Br)cc1)C(=O)O. The van der Waals surface area contributed by atoms with Crippen LogP contribution in [0.4, 0.5) is 0 Å². The van der Waals surface area contributed by atoms with Gasteiger partial charge < -0.3 is 15.7 Å². The molecular formula is C18H22BrN3O3. The Balaban J connectivity index is 2.56. The number of benzene rings is 1. The van der Waals surface area contributed by atoms with E-state index in [9.17, 15) is 9.59 Å². The van der Waals surface area contributed by atoms with Crippen molar-refractivity contribution >= 4 is 27.8 Å². The van der Waals surface area contributed by atoms with E-state index in [2.05, 4.69) is 26.6 Å². The lowest BCUT2D eigenvalue weighted by atomic mass is 10.0. The molecule has 0 aliphatic carbocycles. The minimum Gasteiger partial charge on any atom is -0.480 e. The maximum absolute atomic E-state index is 12.1. The fourth-order valence-electron chi connectivity index (χ4n) is 2.12. The van der Waals surface area contributed by atoms with Crippen LogP contribution in [0.2, 0.25) is 0 Å². The zero-order valence-electron chi connectivity index (χ0n) is 14.3. The summed E-state index contributed by atoms with van der Waals surface area (Å²) in [6, 6.07) is 8.64. The average Bonchev–Trinajstić information content (AvgIpc) is 2.55. The summed E-state index contributed by atoms with van der Waals surface area (Å²) < 4.78 is 1.00. The molecule has 0 bridgehead atoms. The van der Waals surface area contributed by atoms with E-state index in [1.165, 1.54) is 6.20 Å². The molecule has 1 aromatic rings. The second-order valence-corrected chi connectivity index (χ2v) is 6.91. The third kappa shape index (κ3) is 7.86. The molecule has 1 atom stereocenters. The summed E-state index contributed by atoms with van der Waals surface area (Å²) in [4.78, 5) is 23.2. The van der Waals surface area contributed by atoms with Crippen LogP contribution in [0.3, 0.4) is 0 Å². The van der Waals surface area contributed by atoms with Gasteiger partial charge in [0.05, 0.1) is 0 Å². The van der Waals surface area contributed by atoms with Crippen LogP contribution in [-0.4, -0.2) is 29.6 Å². The lowest BCUT2D eigenvalue weighted by molar-refractivity contribution is -0.141. The minimum absolute atomic E-state index is 0.111. The molecule has 0 radical (unpaired) electrons. The highest BCUT2D eigenvalue weighted by molar-refractivity contribution is 9.10. The van der Waals surface area contributed by atoms with Crippen molar-refractivity contribution in [1.82, 2.24) is 10.6 Å². The molecule has 0 aromatic heterocycles. The van der Waals surface area contributed by atoms with Gasteiger partial charge in [-0.1, -0.05) is 41.9 Å². The quantitative estimate of drug-likeness (QED) is 0.331. The zero-order chi connectivity index (χ0) is 18.8. The number of hydrogen-bond acceptors (Lipinski definition) is 4. The number of nitrogens with zero attached hydrogens (tertiary/aromatic N) is 1. The van der Waals surface area contributed by atoms with Crippen LogP contribution in [0.15, 0.2) is 40.5 Å². The molecule has 0 heterocycles. The van der Waals surface area contributed by atoms with Crippen molar-refractivity contribution in [1.29, 1.82) is 5.26 Å². The first-order valence-electron chi connectivity index (χ1n) is 7.95. The fraction of sp³-hybridized carbons (Fsp3) is 0.389. The largest absolute Gasteiger partial charge is 0.480 e. The van der Waals surface area contributed by atoms with Gasteiger partial charge in [0.1, 0.15) is 17.7 Å². The average molecular weight is 408 g/mol. The summed E-state index contributed by atoms with van der Waals surface area (Å²) in [5.74, 6) is -1.69. The maximum atomic E-state index is 12.1. The number of hydrogen-bond donors (Lipinski definition) is 3. The van der Waals surface area contributed by atoms with Crippen LogP contribution >= 0.6 is 15.9 Å². The van der Waals surface area contributed by atoms with Gasteiger partial charge in [-0.2, -0.15) is 5.26 Å². The molecule has 134 valence electrons. The van der Waals surface area contributed by atoms with E-state index < -0.39 is 17.9 Å². The number of rotatable bonds is 9. The molecule has 0 saturated carbocycles. The summed E-state index contributed by atoms with van der Waals surface area (Å²) in [6.07, 6.45) is 2.36. The molecule has 0 spiro atoms. The molecule has 1 rings (SSSR count). The smallest absolute Gasteiger partial charge is 0.326 e. The fourth-order valence-corrected chi connectivity index (χ4v) is 2.38. The van der Waals surface area contributed by atoms with Gasteiger partial charge in [0, 0.05) is 17.2 Å². The molecule has 3 N–H and O–H groups in total. The van der Waals surface area contributed by atoms with E-state index in [-0.39, 0.29) is 11.5 Å². The minimum atomic E-state index is -1.11. The second-order valence-electron chi connectivity index (χ2n) is 5.99. The summed E-state index contributed by atoms with van der Waals surface area (Å²) in [7, 11) is 0. The summed E-state index contributed by atoms with van der Waals surface area (Å²) in [5.41, 5.74) is 0.973. The first-order valence-corrected chi connectivity index (χ1v) is 8.74. The van der Waals surface area contributed by atoms with Crippen LogP contribution in [0.5, 0.6) is 0 Å². The lowest BCUT2D eigenvalue weighted by Crippen LogP contribution is -2.42. The molecule has 7 heteroatoms. The number of nitriles is 1. The molecule has 1 unspecified atom stereocenters. The maximum Gasteiger partial charge on any atom is 0.326 e. The van der Waals surface area contributed by atoms with Crippen molar-refractivity contribution in [2.45, 2.75) is 32.7 Å². The number of carbonyl (C=O) groups excluding carboxylic acids is 1. The number of halogens is 1. The highest BCUT2D eigenvalue weighted by atomic mass is 79.9. The van der Waals surface area contributed by atoms with Gasteiger partial charge in [0.25, 0.3) is 5.91 Å². The Labute approximate surface area is 156 Å². The van der Waals surface area contributed by atoms with E-state index >= 15 is 0 Å². The van der Waals surface area contributed by atoms with E-state index in [1.807, 2.05) is 38.1 Å². The van der Waals surface area contributed by atoms with Crippen LogP contribution in [0.25, 0.3) is 0 Å². The number of amides is 1. The molecule has 25 heavy (non-hydrogen) atoms. The number of carbonyl (C=O) groups is 2. The third-order valence-corrected chi connectivity index (χ3v) is 3.92. The van der Waals surface area contributed by atoms with E-state index in [0.717, 1.165) is 16.5 Å². The van der Waals surface area contributed by atoms with Gasteiger partial charge in [-0.05, 0) is 36.5 Å². The van der Waals surface area contributed by atoms with E-state index in [4.69, 9.17) is 10.4 Å². The normalized spacial score (nSPS) is 12.4. The predicted octanol–water partition coefficient (Wildman–Crippen LogP) is 2.60. The molecule has 0 aliphatic heterocycles. The standard InChI is InChI=1S/C18H22BrN3O3/c1-12(2)9-16(18(24)25)22-17(23)14(10-20)11-21-8-7-13-3-5-15(19)6-4-13/h3-6,11-12,16,21H,7-9H2,1-2H3,(H,22,23)(H,24,25)/b14-11-. The lowest BCUT2D eigenvalue weighted by Gasteiger charge is -2.16. The molecule has 1 aromatic carbocycles. The number of nitrogens with one attached hydrogen (secondary N) is 2. The van der Waals surface area contributed by atoms with Crippen molar-refractivity contribution in [2.24, 2.45) is 5.92 Å². The Morgan fingerprint density at radius 3 is 2.48 bits per heavy atom.